The summed E-state index contributed by atoms with van der Waals surface area (Å²) >= 11 is 3.00. The lowest BCUT2D eigenvalue weighted by Gasteiger charge is -2.42. The lowest BCUT2D eigenvalue weighted by Crippen LogP contribution is -2.45. The Morgan fingerprint density at radius 2 is 1.86 bits per heavy atom. The average Bonchev–Trinajstić information content (AvgIpc) is 3.12. The highest BCUT2D eigenvalue weighted by Gasteiger charge is 2.46. The maximum Gasteiger partial charge on any atom is 0.268 e. The van der Waals surface area contributed by atoms with Crippen LogP contribution in [0.1, 0.15) is 36.9 Å². The molecule has 1 aliphatic carbocycles. The number of piperidine rings is 1. The maximum absolute atomic E-state index is 12.9. The molecule has 1 spiro atoms. The molecule has 1 saturated heterocycles. The zero-order valence-corrected chi connectivity index (χ0v) is 22.0. The summed E-state index contributed by atoms with van der Waals surface area (Å²) in [4.78, 5) is 36.5. The molecular weight excluding hydrogens is 492 g/mol. The number of anilines is 3. The molecule has 0 saturated carbocycles. The fourth-order valence-corrected chi connectivity index (χ4v) is 6.48. The lowest BCUT2D eigenvalue weighted by molar-refractivity contribution is -0.114. The standard InChI is InChI=1S/C26H30N6O2S2/c1-15(33)29-17-4-3-16-14-26(22(27)20(16)13-17)9-11-32(12-10-26)25-30-23(28)21(24(34)31-25)36-19-7-5-18(35-2)6-8-19/h3-8,13,22H,9-12,14,27H2,1-2H3,(H,29,33)(H3,28,30,31,34)/t22-/m1/s1. The number of carbonyl (C=O) groups excluding carboxylic acids is 1. The maximum atomic E-state index is 12.9. The van der Waals surface area contributed by atoms with Crippen LogP contribution in [0.5, 0.6) is 0 Å². The first kappa shape index (κ1) is 24.7. The van der Waals surface area contributed by atoms with E-state index in [1.54, 1.807) is 11.8 Å². The molecule has 6 N–H and O–H groups in total. The Morgan fingerprint density at radius 1 is 1.17 bits per heavy atom. The molecule has 8 nitrogen and oxygen atoms in total. The third-order valence-electron chi connectivity index (χ3n) is 7.23. The molecule has 1 atom stereocenters. The monoisotopic (exact) mass is 522 g/mol. The van der Waals surface area contributed by atoms with Gasteiger partial charge >= 0.3 is 0 Å². The minimum Gasteiger partial charge on any atom is -0.382 e. The number of nitrogens with one attached hydrogen (secondary N) is 2. The topological polar surface area (TPSA) is 130 Å². The highest BCUT2D eigenvalue weighted by molar-refractivity contribution is 7.99. The van der Waals surface area contributed by atoms with E-state index in [2.05, 4.69) is 26.3 Å². The number of nitrogen functional groups attached to an aromatic ring is 1. The molecule has 0 radical (unpaired) electrons. The first-order chi connectivity index (χ1) is 17.3. The highest BCUT2D eigenvalue weighted by Crippen LogP contribution is 2.51. The fraction of sp³-hybridized carbons (Fsp3) is 0.346. The number of aromatic amines is 1. The SMILES string of the molecule is CSc1ccc(Sc2c(N)nc(N3CCC4(CC3)Cc3ccc(NC(C)=O)cc3[C@H]4N)[nH]c2=O)cc1. The van der Waals surface area contributed by atoms with E-state index < -0.39 is 0 Å². The van der Waals surface area contributed by atoms with Gasteiger partial charge in [-0.1, -0.05) is 17.8 Å². The molecule has 36 heavy (non-hydrogen) atoms. The van der Waals surface area contributed by atoms with Crippen LogP contribution in [0, 0.1) is 5.41 Å². The van der Waals surface area contributed by atoms with Crippen molar-refractivity contribution in [3.05, 3.63) is 63.9 Å². The van der Waals surface area contributed by atoms with E-state index in [0.29, 0.717) is 10.8 Å². The van der Waals surface area contributed by atoms with Crippen LogP contribution in [-0.2, 0) is 11.2 Å². The summed E-state index contributed by atoms with van der Waals surface area (Å²) in [7, 11) is 0. The van der Waals surface area contributed by atoms with Gasteiger partial charge < -0.3 is 21.7 Å². The zero-order chi connectivity index (χ0) is 25.4. The summed E-state index contributed by atoms with van der Waals surface area (Å²) < 4.78 is 0. The largest absolute Gasteiger partial charge is 0.382 e. The van der Waals surface area contributed by atoms with Gasteiger partial charge in [-0.15, -0.1) is 11.8 Å². The molecule has 2 aromatic carbocycles. The third kappa shape index (κ3) is 4.72. The Morgan fingerprint density at radius 3 is 2.50 bits per heavy atom. The van der Waals surface area contributed by atoms with Crippen molar-refractivity contribution in [2.75, 3.05) is 35.3 Å². The number of nitrogens with zero attached hydrogens (tertiary/aromatic N) is 2. The average molecular weight is 523 g/mol. The van der Waals surface area contributed by atoms with Crippen molar-refractivity contribution in [1.82, 2.24) is 9.97 Å². The predicted octanol–water partition coefficient (Wildman–Crippen LogP) is 4.03. The van der Waals surface area contributed by atoms with Crippen LogP contribution in [0.15, 0.2) is 61.9 Å². The Labute approximate surface area is 218 Å². The zero-order valence-electron chi connectivity index (χ0n) is 20.3. The summed E-state index contributed by atoms with van der Waals surface area (Å²) in [5.74, 6) is 0.651. The van der Waals surface area contributed by atoms with Gasteiger partial charge in [0.05, 0.1) is 0 Å². The molecule has 2 heterocycles. The first-order valence-corrected chi connectivity index (χ1v) is 13.9. The second-order valence-corrected chi connectivity index (χ2v) is 11.4. The lowest BCUT2D eigenvalue weighted by atomic mass is 9.73. The van der Waals surface area contributed by atoms with Crippen molar-refractivity contribution in [2.24, 2.45) is 11.1 Å². The predicted molar refractivity (Wildman–Crippen MR) is 147 cm³/mol. The van der Waals surface area contributed by atoms with E-state index in [1.165, 1.54) is 24.2 Å². The second kappa shape index (κ2) is 9.84. The second-order valence-electron chi connectivity index (χ2n) is 9.48. The van der Waals surface area contributed by atoms with Crippen molar-refractivity contribution < 1.29 is 4.79 Å². The molecule has 10 heteroatoms. The van der Waals surface area contributed by atoms with Crippen LogP contribution in [0.3, 0.4) is 0 Å². The highest BCUT2D eigenvalue weighted by atomic mass is 32.2. The molecule has 1 fully saturated rings. The summed E-state index contributed by atoms with van der Waals surface area (Å²) in [6.45, 7) is 2.96. The number of aromatic nitrogens is 2. The molecule has 188 valence electrons. The van der Waals surface area contributed by atoms with Gasteiger partial charge in [-0.2, -0.15) is 4.98 Å². The van der Waals surface area contributed by atoms with Crippen LogP contribution in [0.4, 0.5) is 17.5 Å². The third-order valence-corrected chi connectivity index (χ3v) is 9.08. The van der Waals surface area contributed by atoms with Gasteiger partial charge in [0, 0.05) is 41.5 Å². The van der Waals surface area contributed by atoms with Gasteiger partial charge in [0.25, 0.3) is 5.56 Å². The number of hydrogen-bond donors (Lipinski definition) is 4. The van der Waals surface area contributed by atoms with E-state index in [1.807, 2.05) is 42.7 Å². The van der Waals surface area contributed by atoms with Crippen LogP contribution in [0.2, 0.25) is 0 Å². The molecule has 0 bridgehead atoms. The van der Waals surface area contributed by atoms with Crippen molar-refractivity contribution in [3.8, 4) is 0 Å². The van der Waals surface area contributed by atoms with Gasteiger partial charge in [-0.3, -0.25) is 14.6 Å². The minimum absolute atomic E-state index is 0.0434. The van der Waals surface area contributed by atoms with E-state index in [-0.39, 0.29) is 28.7 Å². The summed E-state index contributed by atoms with van der Waals surface area (Å²) in [5.41, 5.74) is 15.9. The van der Waals surface area contributed by atoms with Gasteiger partial charge in [-0.05, 0) is 78.5 Å². The number of fused-ring (bicyclic) bond motifs is 1. The number of H-pyrrole nitrogens is 1. The number of amides is 1. The fourth-order valence-electron chi connectivity index (χ4n) is 5.27. The first-order valence-electron chi connectivity index (χ1n) is 11.9. The molecule has 1 aliphatic heterocycles. The Kier molecular flexibility index (Phi) is 6.76. The van der Waals surface area contributed by atoms with E-state index in [0.717, 1.165) is 53.4 Å². The number of thioether (sulfide) groups is 1. The molecule has 0 unspecified atom stereocenters. The van der Waals surface area contributed by atoms with Gasteiger partial charge in [0.1, 0.15) is 10.7 Å². The van der Waals surface area contributed by atoms with Crippen LogP contribution in [0.25, 0.3) is 0 Å². The summed E-state index contributed by atoms with van der Waals surface area (Å²) in [6, 6.07) is 13.9. The van der Waals surface area contributed by atoms with Crippen molar-refractivity contribution in [2.45, 2.75) is 46.9 Å². The Balaban J connectivity index is 1.29. The molecule has 1 amide bonds. The van der Waals surface area contributed by atoms with Crippen LogP contribution >= 0.6 is 23.5 Å². The van der Waals surface area contributed by atoms with E-state index in [9.17, 15) is 9.59 Å². The number of benzene rings is 2. The van der Waals surface area contributed by atoms with Crippen molar-refractivity contribution in [1.29, 1.82) is 0 Å². The molecular formula is C26H30N6O2S2. The van der Waals surface area contributed by atoms with Gasteiger partial charge in [0.15, 0.2) is 0 Å². The normalized spacial score (nSPS) is 18.3. The van der Waals surface area contributed by atoms with Crippen molar-refractivity contribution >= 4 is 46.9 Å². The van der Waals surface area contributed by atoms with E-state index >= 15 is 0 Å². The minimum atomic E-state index is -0.229. The van der Waals surface area contributed by atoms with Crippen molar-refractivity contribution in [3.63, 3.8) is 0 Å². The molecule has 1 aromatic heterocycles. The Hall–Kier alpha value is -2.95. The summed E-state index contributed by atoms with van der Waals surface area (Å²) in [5, 5.41) is 2.85. The number of hydrogen-bond acceptors (Lipinski definition) is 8. The van der Waals surface area contributed by atoms with Crippen LogP contribution in [-0.4, -0.2) is 35.2 Å². The molecule has 2 aliphatic rings. The quantitative estimate of drug-likeness (QED) is 0.370. The van der Waals surface area contributed by atoms with Gasteiger partial charge in [0.2, 0.25) is 11.9 Å². The van der Waals surface area contributed by atoms with Gasteiger partial charge in [-0.25, -0.2) is 0 Å². The smallest absolute Gasteiger partial charge is 0.268 e. The summed E-state index contributed by atoms with van der Waals surface area (Å²) in [6.07, 6.45) is 4.69. The number of nitrogens with two attached hydrogens (primary N) is 2. The number of rotatable bonds is 5. The number of carbonyl (C=O) groups is 1. The molecule has 3 aromatic rings. The van der Waals surface area contributed by atoms with Crippen LogP contribution < -0.4 is 27.2 Å². The van der Waals surface area contributed by atoms with E-state index in [4.69, 9.17) is 11.5 Å². The Bertz CT molecular complexity index is 1350. The molecule has 5 rings (SSSR count).